The van der Waals surface area contributed by atoms with Gasteiger partial charge >= 0.3 is 5.97 Å². The first-order chi connectivity index (χ1) is 11.7. The topological polar surface area (TPSA) is 62.1 Å². The Bertz CT molecular complexity index is 731. The Morgan fingerprint density at radius 3 is 2.83 bits per heavy atom. The maximum Gasteiger partial charge on any atom is 0.338 e. The van der Waals surface area contributed by atoms with Gasteiger partial charge in [0.15, 0.2) is 0 Å². The Morgan fingerprint density at radius 1 is 1.33 bits per heavy atom. The van der Waals surface area contributed by atoms with E-state index < -0.39 is 0 Å². The molecule has 1 aromatic carbocycles. The summed E-state index contributed by atoms with van der Waals surface area (Å²) in [6.07, 6.45) is 2.36. The molecule has 0 atom stereocenters. The highest BCUT2D eigenvalue weighted by atomic mass is 32.1. The van der Waals surface area contributed by atoms with Crippen molar-refractivity contribution in [1.82, 2.24) is 5.32 Å². The zero-order chi connectivity index (χ0) is 17.4. The van der Waals surface area contributed by atoms with Crippen molar-refractivity contribution in [1.29, 1.82) is 5.26 Å². The number of nitrogens with one attached hydrogen (secondary N) is 1. The third-order valence-corrected chi connectivity index (χ3v) is 4.67. The van der Waals surface area contributed by atoms with Gasteiger partial charge in [-0.25, -0.2) is 4.79 Å². The van der Waals surface area contributed by atoms with Crippen LogP contribution >= 0.6 is 11.3 Å². The van der Waals surface area contributed by atoms with Crippen LogP contribution in [0.1, 0.15) is 40.6 Å². The summed E-state index contributed by atoms with van der Waals surface area (Å²) in [5.41, 5.74) is 2.86. The van der Waals surface area contributed by atoms with Gasteiger partial charge in [0.05, 0.1) is 18.2 Å². The highest BCUT2D eigenvalue weighted by molar-refractivity contribution is 7.15. The Hall–Kier alpha value is -2.16. The Morgan fingerprint density at radius 2 is 2.17 bits per heavy atom. The number of hydrogen-bond acceptors (Lipinski definition) is 5. The molecule has 0 radical (unpaired) electrons. The molecule has 2 aromatic rings. The lowest BCUT2D eigenvalue weighted by Gasteiger charge is -1.99. The minimum Gasteiger partial charge on any atom is -0.457 e. The standard InChI is InChI=1S/C13H10O2S.C6H12N2/c1-8-2-5-12(16-8)9-3-4-11-10(6-9)7-15-13(11)14;1-2-3-5-8-6-4-7/h2-6H,7H2,1H3;8H,2-3,5-6H2,1H3. The number of carbonyl (C=O) groups excluding carboxylic acids is 1. The molecule has 2 heterocycles. The molecule has 0 spiro atoms. The van der Waals surface area contributed by atoms with E-state index in [-0.39, 0.29) is 5.97 Å². The third-order valence-electron chi connectivity index (χ3n) is 3.62. The number of benzene rings is 1. The molecular weight excluding hydrogens is 320 g/mol. The maximum absolute atomic E-state index is 11.3. The van der Waals surface area contributed by atoms with Crippen molar-refractivity contribution in [3.63, 3.8) is 0 Å². The van der Waals surface area contributed by atoms with Gasteiger partial charge in [-0.1, -0.05) is 19.4 Å². The van der Waals surface area contributed by atoms with Gasteiger partial charge in [-0.2, -0.15) is 5.26 Å². The van der Waals surface area contributed by atoms with Gasteiger partial charge in [-0.15, -0.1) is 11.3 Å². The molecule has 1 N–H and O–H groups in total. The number of nitriles is 1. The summed E-state index contributed by atoms with van der Waals surface area (Å²) in [4.78, 5) is 13.8. The molecule has 1 aliphatic rings. The number of thiophene rings is 1. The molecule has 0 bridgehead atoms. The first kappa shape index (κ1) is 18.2. The van der Waals surface area contributed by atoms with E-state index in [1.165, 1.54) is 22.6 Å². The summed E-state index contributed by atoms with van der Waals surface area (Å²) in [6, 6.07) is 12.1. The van der Waals surface area contributed by atoms with Gasteiger partial charge in [0, 0.05) is 15.3 Å². The van der Waals surface area contributed by atoms with E-state index in [2.05, 4.69) is 31.3 Å². The van der Waals surface area contributed by atoms with Crippen molar-refractivity contribution in [3.05, 3.63) is 46.3 Å². The summed E-state index contributed by atoms with van der Waals surface area (Å²) in [5.74, 6) is -0.205. The van der Waals surface area contributed by atoms with Crippen LogP contribution in [-0.4, -0.2) is 19.1 Å². The van der Waals surface area contributed by atoms with Gasteiger partial charge in [-0.3, -0.25) is 0 Å². The minimum absolute atomic E-state index is 0.205. The van der Waals surface area contributed by atoms with Crippen LogP contribution in [0.5, 0.6) is 0 Å². The molecule has 4 nitrogen and oxygen atoms in total. The Labute approximate surface area is 147 Å². The average molecular weight is 342 g/mol. The lowest BCUT2D eigenvalue weighted by molar-refractivity contribution is 0.0535. The highest BCUT2D eigenvalue weighted by Gasteiger charge is 2.21. The second-order valence-corrected chi connectivity index (χ2v) is 6.83. The van der Waals surface area contributed by atoms with Crippen molar-refractivity contribution in [2.45, 2.75) is 33.3 Å². The first-order valence-electron chi connectivity index (χ1n) is 8.10. The fourth-order valence-corrected chi connectivity index (χ4v) is 3.19. The van der Waals surface area contributed by atoms with Crippen LogP contribution in [-0.2, 0) is 11.3 Å². The average Bonchev–Trinajstić information content (AvgIpc) is 3.18. The summed E-state index contributed by atoms with van der Waals surface area (Å²) in [6.45, 7) is 6.10. The van der Waals surface area contributed by atoms with Crippen LogP contribution in [0.3, 0.4) is 0 Å². The van der Waals surface area contributed by atoms with Crippen molar-refractivity contribution in [2.24, 2.45) is 0 Å². The number of cyclic esters (lactones) is 1. The number of esters is 1. The first-order valence-corrected chi connectivity index (χ1v) is 8.92. The fourth-order valence-electron chi connectivity index (χ4n) is 2.32. The van der Waals surface area contributed by atoms with Crippen LogP contribution in [0.4, 0.5) is 0 Å². The molecule has 126 valence electrons. The SMILES string of the molecule is CCCCNCC#N.Cc1ccc(-c2ccc3c(c2)COC3=O)s1. The van der Waals surface area contributed by atoms with Crippen LogP contribution in [0.15, 0.2) is 30.3 Å². The van der Waals surface area contributed by atoms with Crippen molar-refractivity contribution in [3.8, 4) is 16.5 Å². The van der Waals surface area contributed by atoms with E-state index >= 15 is 0 Å². The van der Waals surface area contributed by atoms with Gasteiger partial charge in [0.1, 0.15) is 6.61 Å². The van der Waals surface area contributed by atoms with E-state index in [0.29, 0.717) is 18.7 Å². The number of carbonyl (C=O) groups is 1. The zero-order valence-corrected chi connectivity index (χ0v) is 14.9. The molecule has 0 unspecified atom stereocenters. The molecule has 0 saturated heterocycles. The van der Waals surface area contributed by atoms with Crippen LogP contribution in [0, 0.1) is 18.3 Å². The molecule has 1 aromatic heterocycles. The summed E-state index contributed by atoms with van der Waals surface area (Å²) >= 11 is 1.76. The number of rotatable bonds is 5. The smallest absolute Gasteiger partial charge is 0.338 e. The van der Waals surface area contributed by atoms with Gasteiger partial charge in [0.2, 0.25) is 0 Å². The summed E-state index contributed by atoms with van der Waals surface area (Å²) < 4.78 is 4.98. The third kappa shape index (κ3) is 4.92. The maximum atomic E-state index is 11.3. The molecule has 1 aliphatic heterocycles. The molecule has 0 fully saturated rings. The normalized spacial score (nSPS) is 12.0. The van der Waals surface area contributed by atoms with Crippen molar-refractivity contribution < 1.29 is 9.53 Å². The molecule has 0 amide bonds. The summed E-state index contributed by atoms with van der Waals surface area (Å²) in [5, 5.41) is 11.0. The van der Waals surface area contributed by atoms with E-state index in [1.54, 1.807) is 11.3 Å². The highest BCUT2D eigenvalue weighted by Crippen LogP contribution is 2.31. The second-order valence-electron chi connectivity index (χ2n) is 5.55. The van der Waals surface area contributed by atoms with Crippen LogP contribution in [0.25, 0.3) is 10.4 Å². The number of ether oxygens (including phenoxy) is 1. The fraction of sp³-hybridized carbons (Fsp3) is 0.368. The molecule has 0 aliphatic carbocycles. The number of fused-ring (bicyclic) bond motifs is 1. The Kier molecular flexibility index (Phi) is 6.98. The summed E-state index contributed by atoms with van der Waals surface area (Å²) in [7, 11) is 0. The van der Waals surface area contributed by atoms with E-state index in [4.69, 9.17) is 10.00 Å². The van der Waals surface area contributed by atoms with E-state index in [9.17, 15) is 4.79 Å². The number of aryl methyl sites for hydroxylation is 1. The Balaban J connectivity index is 0.000000224. The van der Waals surface area contributed by atoms with E-state index in [1.807, 2.05) is 24.3 Å². The number of nitrogens with zero attached hydrogens (tertiary/aromatic N) is 1. The quantitative estimate of drug-likeness (QED) is 0.500. The molecule has 24 heavy (non-hydrogen) atoms. The predicted molar refractivity (Wildman–Crippen MR) is 97.0 cm³/mol. The van der Waals surface area contributed by atoms with Crippen molar-refractivity contribution >= 4 is 17.3 Å². The lowest BCUT2D eigenvalue weighted by Crippen LogP contribution is -2.14. The molecule has 0 saturated carbocycles. The number of hydrogen-bond donors (Lipinski definition) is 1. The predicted octanol–water partition coefficient (Wildman–Crippen LogP) is 4.29. The van der Waals surface area contributed by atoms with Crippen LogP contribution in [0.2, 0.25) is 0 Å². The molecular formula is C19H22N2O2S. The van der Waals surface area contributed by atoms with Crippen LogP contribution < -0.4 is 5.32 Å². The largest absolute Gasteiger partial charge is 0.457 e. The van der Waals surface area contributed by atoms with Crippen molar-refractivity contribution in [2.75, 3.05) is 13.1 Å². The van der Waals surface area contributed by atoms with Gasteiger partial charge in [0.25, 0.3) is 0 Å². The molecule has 5 heteroatoms. The minimum atomic E-state index is -0.205. The van der Waals surface area contributed by atoms with E-state index in [0.717, 1.165) is 17.7 Å². The monoisotopic (exact) mass is 342 g/mol. The van der Waals surface area contributed by atoms with Gasteiger partial charge < -0.3 is 10.1 Å². The molecule has 3 rings (SSSR count). The second kappa shape index (κ2) is 9.21. The van der Waals surface area contributed by atoms with Gasteiger partial charge in [-0.05, 0) is 49.7 Å². The zero-order valence-electron chi connectivity index (χ0n) is 14.1. The number of unbranched alkanes of at least 4 members (excludes halogenated alkanes) is 1. The lowest BCUT2D eigenvalue weighted by atomic mass is 10.1.